The average molecular weight is 600 g/mol. The molecule has 3 N–H and O–H groups in total. The number of aromatic nitrogens is 1. The normalized spacial score (nSPS) is 18.1. The molecule has 42 heavy (non-hydrogen) atoms. The number of urea groups is 1. The fourth-order valence-electron chi connectivity index (χ4n) is 4.73. The number of aliphatic hydroxyl groups is 1. The minimum atomic E-state index is -3.85. The molecule has 2 heterocycles. The number of nitrogens with one attached hydrogen (secondary N) is 2. The number of ether oxygens (including phenoxy) is 1. The first-order valence-corrected chi connectivity index (χ1v) is 15.0. The van der Waals surface area contributed by atoms with Gasteiger partial charge >= 0.3 is 6.03 Å². The van der Waals surface area contributed by atoms with Gasteiger partial charge in [-0.15, -0.1) is 0 Å². The lowest BCUT2D eigenvalue weighted by Gasteiger charge is -2.38. The van der Waals surface area contributed by atoms with Crippen LogP contribution in [0, 0.1) is 26.7 Å². The number of aryl methyl sites for hydroxylation is 3. The maximum atomic E-state index is 13.7. The first-order chi connectivity index (χ1) is 19.8. The third-order valence-corrected chi connectivity index (χ3v) is 9.22. The number of carbonyl (C=O) groups excluding carboxylic acids is 2. The van der Waals surface area contributed by atoms with Crippen molar-refractivity contribution in [3.8, 4) is 5.75 Å². The van der Waals surface area contributed by atoms with Gasteiger partial charge in [0.05, 0.1) is 35.3 Å². The van der Waals surface area contributed by atoms with Crippen molar-refractivity contribution in [1.29, 1.82) is 0 Å². The zero-order valence-corrected chi connectivity index (χ0v) is 25.4. The molecule has 2 aromatic carbocycles. The molecule has 12 nitrogen and oxygen atoms in total. The minimum Gasteiger partial charge on any atom is -0.486 e. The molecule has 0 saturated heterocycles. The third kappa shape index (κ3) is 6.42. The Morgan fingerprint density at radius 1 is 1.17 bits per heavy atom. The molecule has 1 aromatic heterocycles. The van der Waals surface area contributed by atoms with Crippen LogP contribution in [0.2, 0.25) is 0 Å². The van der Waals surface area contributed by atoms with E-state index in [1.807, 2.05) is 13.8 Å². The number of fused-ring (bicyclic) bond motifs is 1. The maximum absolute atomic E-state index is 13.7. The highest BCUT2D eigenvalue weighted by Gasteiger charge is 2.36. The van der Waals surface area contributed by atoms with E-state index in [1.54, 1.807) is 68.1 Å². The van der Waals surface area contributed by atoms with Crippen LogP contribution in [0.4, 0.5) is 16.2 Å². The van der Waals surface area contributed by atoms with Crippen molar-refractivity contribution < 1.29 is 32.4 Å². The lowest BCUT2D eigenvalue weighted by molar-refractivity contribution is 0.0389. The molecule has 4 rings (SSSR count). The van der Waals surface area contributed by atoms with Gasteiger partial charge in [0.25, 0.3) is 5.91 Å². The monoisotopic (exact) mass is 599 g/mol. The van der Waals surface area contributed by atoms with Crippen molar-refractivity contribution in [3.63, 3.8) is 0 Å². The van der Waals surface area contributed by atoms with Crippen molar-refractivity contribution in [1.82, 2.24) is 14.4 Å². The van der Waals surface area contributed by atoms with Gasteiger partial charge in [0.1, 0.15) is 17.5 Å². The van der Waals surface area contributed by atoms with Crippen LogP contribution in [0.25, 0.3) is 0 Å². The van der Waals surface area contributed by atoms with Gasteiger partial charge in [-0.1, -0.05) is 35.8 Å². The SMILES string of the molecule is Cc1ccc(S(=O)(=O)N(C)C[C@@H]2Oc3c(NC(=O)Nc4c(C)noc4C)cccc3C(=O)N([C@H](C)CO)C[C@@H]2C)cc1. The number of aliphatic hydroxyl groups excluding tert-OH is 1. The Hall–Kier alpha value is -3.94. The Bertz CT molecular complexity index is 1540. The Morgan fingerprint density at radius 2 is 1.86 bits per heavy atom. The Morgan fingerprint density at radius 3 is 2.48 bits per heavy atom. The second-order valence-electron chi connectivity index (χ2n) is 10.7. The van der Waals surface area contributed by atoms with Gasteiger partial charge in [0, 0.05) is 19.5 Å². The van der Waals surface area contributed by atoms with Gasteiger partial charge in [-0.25, -0.2) is 13.2 Å². The number of hydrogen-bond donors (Lipinski definition) is 3. The molecule has 3 atom stereocenters. The van der Waals surface area contributed by atoms with Gasteiger partial charge in [0.15, 0.2) is 11.5 Å². The average Bonchev–Trinajstić information content (AvgIpc) is 3.26. The molecule has 0 bridgehead atoms. The molecule has 1 aliphatic rings. The highest BCUT2D eigenvalue weighted by molar-refractivity contribution is 7.89. The van der Waals surface area contributed by atoms with Gasteiger partial charge in [-0.05, 0) is 52.0 Å². The quantitative estimate of drug-likeness (QED) is 0.353. The molecule has 3 amide bonds. The summed E-state index contributed by atoms with van der Waals surface area (Å²) in [6, 6.07) is 10.2. The largest absolute Gasteiger partial charge is 0.486 e. The summed E-state index contributed by atoms with van der Waals surface area (Å²) in [5.41, 5.74) is 2.24. The van der Waals surface area contributed by atoms with Crippen molar-refractivity contribution >= 4 is 33.3 Å². The molecule has 0 saturated carbocycles. The Balaban J connectivity index is 1.70. The molecule has 226 valence electrons. The Kier molecular flexibility index (Phi) is 9.24. The number of anilines is 2. The zero-order chi connectivity index (χ0) is 30.8. The first kappa shape index (κ1) is 31.0. The highest BCUT2D eigenvalue weighted by atomic mass is 32.2. The molecule has 1 aliphatic heterocycles. The molecule has 0 fully saturated rings. The lowest BCUT2D eigenvalue weighted by Crippen LogP contribution is -2.50. The fourth-order valence-corrected chi connectivity index (χ4v) is 5.91. The summed E-state index contributed by atoms with van der Waals surface area (Å²) in [4.78, 5) is 28.4. The van der Waals surface area contributed by atoms with Gasteiger partial charge in [-0.3, -0.25) is 4.79 Å². The second kappa shape index (κ2) is 12.5. The summed E-state index contributed by atoms with van der Waals surface area (Å²) in [6.07, 6.45) is -0.718. The number of para-hydroxylation sites is 1. The smallest absolute Gasteiger partial charge is 0.323 e. The highest BCUT2D eigenvalue weighted by Crippen LogP contribution is 2.35. The minimum absolute atomic E-state index is 0.0358. The number of sulfonamides is 1. The number of likely N-dealkylation sites (N-methyl/N-ethyl adjacent to an activating group) is 1. The lowest BCUT2D eigenvalue weighted by atomic mass is 9.99. The van der Waals surface area contributed by atoms with Gasteiger partial charge in [-0.2, -0.15) is 4.31 Å². The van der Waals surface area contributed by atoms with Gasteiger partial charge < -0.3 is 29.9 Å². The van der Waals surface area contributed by atoms with Gasteiger partial charge in [0.2, 0.25) is 10.0 Å². The van der Waals surface area contributed by atoms with Crippen molar-refractivity contribution in [3.05, 3.63) is 65.0 Å². The van der Waals surface area contributed by atoms with E-state index in [-0.39, 0.29) is 53.4 Å². The molecule has 0 spiro atoms. The predicted molar refractivity (Wildman–Crippen MR) is 157 cm³/mol. The standard InChI is InChI=1S/C29H37N5O7S/c1-17-10-12-22(13-11-17)42(38,39)33(6)15-25-18(2)14-34(19(3)16-35)28(36)23-8-7-9-24(27(23)40-25)30-29(37)31-26-20(4)32-41-21(26)5/h7-13,18-19,25,35H,14-16H2,1-6H3,(H2,30,31,37)/t18-,19+,25-/m0/s1. The molecular weight excluding hydrogens is 562 g/mol. The topological polar surface area (TPSA) is 154 Å². The first-order valence-electron chi connectivity index (χ1n) is 13.6. The molecule has 3 aromatic rings. The summed E-state index contributed by atoms with van der Waals surface area (Å²) < 4.78 is 39.6. The number of rotatable bonds is 8. The number of amides is 3. The maximum Gasteiger partial charge on any atom is 0.323 e. The van der Waals surface area contributed by atoms with Crippen LogP contribution < -0.4 is 15.4 Å². The van der Waals surface area contributed by atoms with E-state index >= 15 is 0 Å². The van der Waals surface area contributed by atoms with E-state index < -0.39 is 28.2 Å². The van der Waals surface area contributed by atoms with Crippen molar-refractivity contribution in [2.75, 3.05) is 37.4 Å². The predicted octanol–water partition coefficient (Wildman–Crippen LogP) is 3.78. The van der Waals surface area contributed by atoms with E-state index in [9.17, 15) is 23.1 Å². The summed E-state index contributed by atoms with van der Waals surface area (Å²) >= 11 is 0. The van der Waals surface area contributed by atoms with E-state index in [4.69, 9.17) is 9.26 Å². The molecular formula is C29H37N5O7S. The second-order valence-corrected chi connectivity index (χ2v) is 12.7. The van der Waals surface area contributed by atoms with E-state index in [0.29, 0.717) is 17.1 Å². The van der Waals surface area contributed by atoms with Crippen molar-refractivity contribution in [2.45, 2.75) is 51.7 Å². The third-order valence-electron chi connectivity index (χ3n) is 7.38. The fraction of sp³-hybridized carbons (Fsp3) is 0.414. The number of nitrogens with zero attached hydrogens (tertiary/aromatic N) is 3. The Labute approximate surface area is 245 Å². The summed E-state index contributed by atoms with van der Waals surface area (Å²) in [5.74, 6) is -0.203. The van der Waals surface area contributed by atoms with Crippen LogP contribution in [-0.2, 0) is 10.0 Å². The number of hydrogen-bond acceptors (Lipinski definition) is 8. The van der Waals surface area contributed by atoms with Crippen molar-refractivity contribution in [2.24, 2.45) is 5.92 Å². The number of benzene rings is 2. The van der Waals surface area contributed by atoms with E-state index in [1.165, 1.54) is 11.4 Å². The molecule has 0 radical (unpaired) electrons. The molecule has 13 heteroatoms. The van der Waals surface area contributed by atoms with Crippen LogP contribution >= 0.6 is 0 Å². The number of carbonyl (C=O) groups is 2. The van der Waals surface area contributed by atoms with Crippen LogP contribution in [-0.4, -0.2) is 78.7 Å². The van der Waals surface area contributed by atoms with Crippen LogP contribution in [0.5, 0.6) is 5.75 Å². The van der Waals surface area contributed by atoms with Crippen LogP contribution in [0.15, 0.2) is 51.9 Å². The summed E-state index contributed by atoms with van der Waals surface area (Å²) in [7, 11) is -2.37. The van der Waals surface area contributed by atoms with E-state index in [2.05, 4.69) is 15.8 Å². The summed E-state index contributed by atoms with van der Waals surface area (Å²) in [6.45, 7) is 8.73. The summed E-state index contributed by atoms with van der Waals surface area (Å²) in [5, 5.41) is 19.2. The zero-order valence-electron chi connectivity index (χ0n) is 24.5. The van der Waals surface area contributed by atoms with Crippen LogP contribution in [0.1, 0.15) is 41.2 Å². The van der Waals surface area contributed by atoms with Crippen LogP contribution in [0.3, 0.4) is 0 Å². The molecule has 0 unspecified atom stereocenters. The van der Waals surface area contributed by atoms with E-state index in [0.717, 1.165) is 5.56 Å². The molecule has 0 aliphatic carbocycles.